The van der Waals surface area contributed by atoms with Crippen molar-refractivity contribution in [3.8, 4) is 0 Å². The number of benzene rings is 1. The average molecular weight is 373 g/mol. The Morgan fingerprint density at radius 1 is 1.33 bits per heavy atom. The lowest BCUT2D eigenvalue weighted by molar-refractivity contribution is 0.599. The Labute approximate surface area is 124 Å². The van der Waals surface area contributed by atoms with Gasteiger partial charge >= 0.3 is 0 Å². The summed E-state index contributed by atoms with van der Waals surface area (Å²) in [6, 6.07) is 6.05. The van der Waals surface area contributed by atoms with Gasteiger partial charge < -0.3 is 5.73 Å². The molecule has 0 saturated carbocycles. The molecule has 2 aromatic rings. The molecule has 0 aliphatic rings. The van der Waals surface area contributed by atoms with E-state index >= 15 is 0 Å². The second-order valence-electron chi connectivity index (χ2n) is 4.23. The van der Waals surface area contributed by atoms with Gasteiger partial charge in [0, 0.05) is 11.0 Å². The zero-order chi connectivity index (χ0) is 13.3. The van der Waals surface area contributed by atoms with E-state index in [0.717, 1.165) is 26.7 Å². The number of nitrogens with zero attached hydrogens (tertiary/aromatic N) is 2. The molecule has 0 amide bonds. The van der Waals surface area contributed by atoms with Crippen molar-refractivity contribution in [3.05, 3.63) is 50.2 Å². The molecular weight excluding hydrogens is 358 g/mol. The summed E-state index contributed by atoms with van der Waals surface area (Å²) in [5.41, 5.74) is 9.64. The van der Waals surface area contributed by atoms with Crippen LogP contribution in [0.1, 0.15) is 29.8 Å². The monoisotopic (exact) mass is 371 g/mol. The molecule has 3 nitrogen and oxygen atoms in total. The first kappa shape index (κ1) is 13.8. The zero-order valence-corrected chi connectivity index (χ0v) is 13.5. The van der Waals surface area contributed by atoms with Gasteiger partial charge in [-0.05, 0) is 53.0 Å². The van der Waals surface area contributed by atoms with Crippen molar-refractivity contribution in [1.82, 2.24) is 9.78 Å². The molecule has 96 valence electrons. The number of hydrogen-bond donors (Lipinski definition) is 1. The molecule has 18 heavy (non-hydrogen) atoms. The first-order valence-electron chi connectivity index (χ1n) is 5.76. The fraction of sp³-hybridized carbons (Fsp3) is 0.308. The number of aryl methyl sites for hydroxylation is 2. The number of aromatic nitrogens is 2. The molecule has 1 atom stereocenters. The van der Waals surface area contributed by atoms with Crippen molar-refractivity contribution in [2.24, 2.45) is 5.73 Å². The molecule has 5 heteroatoms. The van der Waals surface area contributed by atoms with Crippen LogP contribution in [0.25, 0.3) is 0 Å². The second-order valence-corrected chi connectivity index (χ2v) is 6.00. The Morgan fingerprint density at radius 3 is 2.67 bits per heavy atom. The van der Waals surface area contributed by atoms with E-state index in [2.05, 4.69) is 69.0 Å². The number of halogens is 2. The van der Waals surface area contributed by atoms with E-state index in [1.165, 1.54) is 5.56 Å². The molecular formula is C13H15Br2N3. The predicted molar refractivity (Wildman–Crippen MR) is 80.5 cm³/mol. The minimum Gasteiger partial charge on any atom is -0.319 e. The quantitative estimate of drug-likeness (QED) is 0.890. The Hall–Kier alpha value is -0.650. The summed E-state index contributed by atoms with van der Waals surface area (Å²) in [6.45, 7) is 4.93. The summed E-state index contributed by atoms with van der Waals surface area (Å²) in [5, 5.41) is 4.30. The van der Waals surface area contributed by atoms with Gasteiger partial charge in [0.15, 0.2) is 0 Å². The van der Waals surface area contributed by atoms with Crippen LogP contribution in [-0.4, -0.2) is 9.78 Å². The fourth-order valence-corrected chi connectivity index (χ4v) is 3.20. The third-order valence-electron chi connectivity index (χ3n) is 2.85. The van der Waals surface area contributed by atoms with Crippen LogP contribution in [0.3, 0.4) is 0 Å². The highest BCUT2D eigenvalue weighted by molar-refractivity contribution is 9.10. The lowest BCUT2D eigenvalue weighted by Crippen LogP contribution is -2.17. The summed E-state index contributed by atoms with van der Waals surface area (Å²) in [7, 11) is 0. The van der Waals surface area contributed by atoms with Gasteiger partial charge in [0.2, 0.25) is 0 Å². The Bertz CT molecular complexity index is 543. The Morgan fingerprint density at radius 2 is 2.06 bits per heavy atom. The summed E-state index contributed by atoms with van der Waals surface area (Å²) >= 11 is 7.03. The minimum atomic E-state index is -0.182. The van der Waals surface area contributed by atoms with Gasteiger partial charge in [0.25, 0.3) is 0 Å². The summed E-state index contributed by atoms with van der Waals surface area (Å²) in [5.74, 6) is 0. The van der Waals surface area contributed by atoms with E-state index in [0.29, 0.717) is 0 Å². The molecule has 0 fully saturated rings. The molecule has 1 unspecified atom stereocenters. The van der Waals surface area contributed by atoms with E-state index in [1.807, 2.05) is 4.68 Å². The van der Waals surface area contributed by atoms with E-state index in [-0.39, 0.29) is 6.04 Å². The Balaban J connectivity index is 2.47. The molecule has 0 spiro atoms. The molecule has 0 saturated heterocycles. The Kier molecular flexibility index (Phi) is 4.25. The first-order chi connectivity index (χ1) is 8.52. The topological polar surface area (TPSA) is 43.8 Å². The maximum atomic E-state index is 6.36. The van der Waals surface area contributed by atoms with Gasteiger partial charge in [0.1, 0.15) is 0 Å². The van der Waals surface area contributed by atoms with Gasteiger partial charge in [-0.15, -0.1) is 0 Å². The summed E-state index contributed by atoms with van der Waals surface area (Å²) < 4.78 is 3.92. The first-order valence-corrected chi connectivity index (χ1v) is 7.35. The van der Waals surface area contributed by atoms with E-state index in [4.69, 9.17) is 5.73 Å². The highest BCUT2D eigenvalue weighted by Crippen LogP contribution is 2.29. The normalized spacial score (nSPS) is 12.7. The molecule has 0 bridgehead atoms. The SMILES string of the molecule is CCn1ncc(Br)c1C(N)c1cc(C)cc(Br)c1. The van der Waals surface area contributed by atoms with Crippen LogP contribution in [0.15, 0.2) is 33.3 Å². The minimum absolute atomic E-state index is 0.182. The standard InChI is InChI=1S/C13H15Br2N3/c1-3-18-13(11(15)7-17-18)12(16)9-4-8(2)5-10(14)6-9/h4-7,12H,3,16H2,1-2H3. The third-order valence-corrected chi connectivity index (χ3v) is 3.92. The zero-order valence-electron chi connectivity index (χ0n) is 10.3. The number of nitrogens with two attached hydrogens (primary N) is 1. The van der Waals surface area contributed by atoms with Gasteiger partial charge in [-0.1, -0.05) is 22.0 Å². The van der Waals surface area contributed by atoms with Crippen molar-refractivity contribution >= 4 is 31.9 Å². The highest BCUT2D eigenvalue weighted by Gasteiger charge is 2.18. The number of rotatable bonds is 3. The number of hydrogen-bond acceptors (Lipinski definition) is 2. The van der Waals surface area contributed by atoms with Crippen LogP contribution in [-0.2, 0) is 6.54 Å². The van der Waals surface area contributed by atoms with Crippen molar-refractivity contribution in [3.63, 3.8) is 0 Å². The largest absolute Gasteiger partial charge is 0.319 e. The average Bonchev–Trinajstić information content (AvgIpc) is 2.68. The van der Waals surface area contributed by atoms with Crippen molar-refractivity contribution in [1.29, 1.82) is 0 Å². The predicted octanol–water partition coefficient (Wildman–Crippen LogP) is 3.78. The second kappa shape index (κ2) is 5.55. The summed E-state index contributed by atoms with van der Waals surface area (Å²) in [4.78, 5) is 0. The van der Waals surface area contributed by atoms with Crippen LogP contribution in [0.4, 0.5) is 0 Å². The van der Waals surface area contributed by atoms with Crippen molar-refractivity contribution in [2.45, 2.75) is 26.4 Å². The van der Waals surface area contributed by atoms with Crippen LogP contribution >= 0.6 is 31.9 Å². The third kappa shape index (κ3) is 2.68. The fourth-order valence-electron chi connectivity index (χ4n) is 2.04. The smallest absolute Gasteiger partial charge is 0.0738 e. The van der Waals surface area contributed by atoms with Crippen LogP contribution in [0, 0.1) is 6.92 Å². The highest BCUT2D eigenvalue weighted by atomic mass is 79.9. The molecule has 0 aliphatic carbocycles. The molecule has 2 N–H and O–H groups in total. The van der Waals surface area contributed by atoms with E-state index in [9.17, 15) is 0 Å². The van der Waals surface area contributed by atoms with Crippen LogP contribution in [0.2, 0.25) is 0 Å². The molecule has 1 aromatic carbocycles. The molecule has 0 aliphatic heterocycles. The molecule has 1 heterocycles. The van der Waals surface area contributed by atoms with Crippen molar-refractivity contribution < 1.29 is 0 Å². The molecule has 1 aromatic heterocycles. The lowest BCUT2D eigenvalue weighted by Gasteiger charge is -2.15. The van der Waals surface area contributed by atoms with E-state index < -0.39 is 0 Å². The van der Waals surface area contributed by atoms with Crippen LogP contribution in [0.5, 0.6) is 0 Å². The van der Waals surface area contributed by atoms with Gasteiger partial charge in [-0.2, -0.15) is 5.10 Å². The van der Waals surface area contributed by atoms with E-state index in [1.54, 1.807) is 6.20 Å². The van der Waals surface area contributed by atoms with Gasteiger partial charge in [0.05, 0.1) is 22.4 Å². The summed E-state index contributed by atoms with van der Waals surface area (Å²) in [6.07, 6.45) is 1.80. The maximum absolute atomic E-state index is 6.36. The van der Waals surface area contributed by atoms with Crippen LogP contribution < -0.4 is 5.73 Å². The lowest BCUT2D eigenvalue weighted by atomic mass is 10.0. The van der Waals surface area contributed by atoms with Crippen molar-refractivity contribution in [2.75, 3.05) is 0 Å². The van der Waals surface area contributed by atoms with Gasteiger partial charge in [-0.25, -0.2) is 0 Å². The molecule has 0 radical (unpaired) electrons. The maximum Gasteiger partial charge on any atom is 0.0738 e. The molecule has 2 rings (SSSR count). The van der Waals surface area contributed by atoms with Gasteiger partial charge in [-0.3, -0.25) is 4.68 Å².